The molecule has 0 radical (unpaired) electrons. The van der Waals surface area contributed by atoms with E-state index in [9.17, 15) is 9.59 Å². The van der Waals surface area contributed by atoms with Crippen LogP contribution in [0, 0.1) is 18.8 Å². The molecule has 154 valence electrons. The smallest absolute Gasteiger partial charge is 0.309 e. The number of aromatic nitrogens is 1. The van der Waals surface area contributed by atoms with Crippen molar-refractivity contribution in [1.82, 2.24) is 4.98 Å². The lowest BCUT2D eigenvalue weighted by Crippen LogP contribution is -2.13. The summed E-state index contributed by atoms with van der Waals surface area (Å²) in [5.74, 6) is -0.158. The predicted octanol–water partition coefficient (Wildman–Crippen LogP) is 4.68. The van der Waals surface area contributed by atoms with Crippen LogP contribution in [0.25, 0.3) is 10.8 Å². The minimum absolute atomic E-state index is 0.135. The molecule has 1 heterocycles. The maximum atomic E-state index is 12.8. The molecule has 1 saturated carbocycles. The van der Waals surface area contributed by atoms with Gasteiger partial charge in [0.05, 0.1) is 25.2 Å². The molecule has 1 aliphatic rings. The third-order valence-electron chi connectivity index (χ3n) is 5.47. The second-order valence-electron chi connectivity index (χ2n) is 7.44. The Bertz CT molecular complexity index is 1130. The quantitative estimate of drug-likeness (QED) is 0.455. The fourth-order valence-electron chi connectivity index (χ4n) is 3.75. The molecular weight excluding hydrogens is 380 g/mol. The van der Waals surface area contributed by atoms with Crippen LogP contribution in [-0.2, 0) is 9.53 Å². The molecule has 30 heavy (non-hydrogen) atoms. The molecule has 6 heteroatoms. The van der Waals surface area contributed by atoms with Gasteiger partial charge in [-0.1, -0.05) is 30.3 Å². The van der Waals surface area contributed by atoms with Crippen LogP contribution in [0.5, 0.6) is 5.75 Å². The van der Waals surface area contributed by atoms with E-state index in [-0.39, 0.29) is 23.6 Å². The number of benzene rings is 2. The number of Topliss-reactive ketones (excluding diaryl/α,β-unsaturated/α-hetero) is 1. The molecule has 1 fully saturated rings. The van der Waals surface area contributed by atoms with Crippen LogP contribution in [0.2, 0.25) is 0 Å². The number of hydrogen-bond acceptors (Lipinski definition) is 6. The van der Waals surface area contributed by atoms with Crippen molar-refractivity contribution in [3.63, 3.8) is 0 Å². The maximum absolute atomic E-state index is 12.8. The molecule has 1 aliphatic carbocycles. The van der Waals surface area contributed by atoms with E-state index in [1.165, 1.54) is 24.3 Å². The molecule has 0 bridgehead atoms. The van der Waals surface area contributed by atoms with Crippen molar-refractivity contribution in [3.8, 4) is 5.75 Å². The number of ketones is 1. The first-order chi connectivity index (χ1) is 14.5. The number of hydrogen-bond donors (Lipinski definition) is 1. The van der Waals surface area contributed by atoms with Gasteiger partial charge in [0.25, 0.3) is 0 Å². The Morgan fingerprint density at radius 1 is 1.13 bits per heavy atom. The van der Waals surface area contributed by atoms with Crippen molar-refractivity contribution >= 4 is 34.0 Å². The number of rotatable bonds is 7. The average Bonchev–Trinajstić information content (AvgIpc) is 3.57. The number of aryl methyl sites for hydroxylation is 1. The number of pyridine rings is 1. The highest BCUT2D eigenvalue weighted by atomic mass is 16.5. The summed E-state index contributed by atoms with van der Waals surface area (Å²) in [5, 5.41) is 5.59. The van der Waals surface area contributed by atoms with Gasteiger partial charge in [-0.25, -0.2) is 4.98 Å². The molecule has 1 aromatic heterocycles. The largest absolute Gasteiger partial charge is 0.496 e. The maximum Gasteiger partial charge on any atom is 0.309 e. The summed E-state index contributed by atoms with van der Waals surface area (Å²) < 4.78 is 10.5. The first-order valence-electron chi connectivity index (χ1n) is 10.0. The van der Waals surface area contributed by atoms with E-state index < -0.39 is 0 Å². The number of anilines is 2. The number of fused-ring (bicyclic) bond motifs is 1. The van der Waals surface area contributed by atoms with Crippen molar-refractivity contribution in [2.75, 3.05) is 19.0 Å². The first-order valence-corrected chi connectivity index (χ1v) is 10.0. The van der Waals surface area contributed by atoms with Gasteiger partial charge in [-0.15, -0.1) is 0 Å². The SMILES string of the molecule is CCOC(=O)C1CC1C(=O)c1cnc(Nc2ccc(C)c3ccccc23)cc1OC. The number of nitrogens with zero attached hydrogens (tertiary/aromatic N) is 1. The Kier molecular flexibility index (Phi) is 5.40. The van der Waals surface area contributed by atoms with Gasteiger partial charge >= 0.3 is 5.97 Å². The zero-order valence-electron chi connectivity index (χ0n) is 17.3. The lowest BCUT2D eigenvalue weighted by molar-refractivity contribution is -0.144. The predicted molar refractivity (Wildman–Crippen MR) is 115 cm³/mol. The Morgan fingerprint density at radius 2 is 1.90 bits per heavy atom. The van der Waals surface area contributed by atoms with Gasteiger partial charge in [0, 0.05) is 29.3 Å². The van der Waals surface area contributed by atoms with Crippen LogP contribution >= 0.6 is 0 Å². The number of carbonyl (C=O) groups is 2. The third-order valence-corrected chi connectivity index (χ3v) is 5.47. The van der Waals surface area contributed by atoms with Crippen molar-refractivity contribution in [2.24, 2.45) is 11.8 Å². The highest BCUT2D eigenvalue weighted by Crippen LogP contribution is 2.43. The van der Waals surface area contributed by atoms with Crippen LogP contribution in [0.15, 0.2) is 48.7 Å². The summed E-state index contributed by atoms with van der Waals surface area (Å²) in [6, 6.07) is 13.9. The first kappa shape index (κ1) is 19.9. The number of nitrogens with one attached hydrogen (secondary N) is 1. The summed E-state index contributed by atoms with van der Waals surface area (Å²) in [6.07, 6.45) is 2.02. The molecule has 0 aliphatic heterocycles. The molecule has 4 rings (SSSR count). The van der Waals surface area contributed by atoms with E-state index in [0.29, 0.717) is 30.2 Å². The minimum Gasteiger partial charge on any atom is -0.496 e. The highest BCUT2D eigenvalue weighted by Gasteiger charge is 2.49. The zero-order valence-corrected chi connectivity index (χ0v) is 17.3. The Labute approximate surface area is 175 Å². The van der Waals surface area contributed by atoms with Crippen molar-refractivity contribution < 1.29 is 19.1 Å². The molecule has 0 saturated heterocycles. The Hall–Kier alpha value is -3.41. The molecule has 3 aromatic rings. The van der Waals surface area contributed by atoms with Crippen LogP contribution < -0.4 is 10.1 Å². The molecule has 6 nitrogen and oxygen atoms in total. The van der Waals surface area contributed by atoms with Gasteiger partial charge in [-0.05, 0) is 37.3 Å². The normalized spacial score (nSPS) is 17.4. The van der Waals surface area contributed by atoms with E-state index in [2.05, 4.69) is 35.4 Å². The lowest BCUT2D eigenvalue weighted by Gasteiger charge is -2.13. The van der Waals surface area contributed by atoms with E-state index >= 15 is 0 Å². The van der Waals surface area contributed by atoms with Gasteiger partial charge < -0.3 is 14.8 Å². The third kappa shape index (κ3) is 3.73. The number of carbonyl (C=O) groups excluding carboxylic acids is 2. The van der Waals surface area contributed by atoms with Crippen molar-refractivity contribution in [1.29, 1.82) is 0 Å². The topological polar surface area (TPSA) is 77.5 Å². The highest BCUT2D eigenvalue weighted by molar-refractivity contribution is 6.05. The standard InChI is InChI=1S/C24H24N2O4/c1-4-30-24(28)18-11-17(18)23(27)19-13-25-22(12-21(19)29-3)26-20-10-9-14(2)15-7-5-6-8-16(15)20/h5-10,12-13,17-18H,4,11H2,1-3H3,(H,25,26). The van der Waals surface area contributed by atoms with Gasteiger partial charge in [0.15, 0.2) is 5.78 Å². The zero-order chi connectivity index (χ0) is 21.3. The van der Waals surface area contributed by atoms with Gasteiger partial charge in [-0.3, -0.25) is 9.59 Å². The van der Waals surface area contributed by atoms with Crippen LogP contribution in [0.4, 0.5) is 11.5 Å². The summed E-state index contributed by atoms with van der Waals surface area (Å²) in [6.45, 7) is 4.15. The van der Waals surface area contributed by atoms with Crippen LogP contribution in [-0.4, -0.2) is 30.5 Å². The van der Waals surface area contributed by atoms with Crippen molar-refractivity contribution in [2.45, 2.75) is 20.3 Å². The Balaban J connectivity index is 1.57. The summed E-state index contributed by atoms with van der Waals surface area (Å²) in [5.41, 5.74) is 2.51. The molecule has 2 aromatic carbocycles. The molecular formula is C24H24N2O4. The Morgan fingerprint density at radius 3 is 2.63 bits per heavy atom. The van der Waals surface area contributed by atoms with Crippen LogP contribution in [0.3, 0.4) is 0 Å². The fraction of sp³-hybridized carbons (Fsp3) is 0.292. The molecule has 0 amide bonds. The van der Waals surface area contributed by atoms with Gasteiger partial charge in [0.1, 0.15) is 11.6 Å². The van der Waals surface area contributed by atoms with E-state index in [4.69, 9.17) is 9.47 Å². The monoisotopic (exact) mass is 404 g/mol. The van der Waals surface area contributed by atoms with Crippen LogP contribution in [0.1, 0.15) is 29.3 Å². The molecule has 1 N–H and O–H groups in total. The van der Waals surface area contributed by atoms with E-state index in [0.717, 1.165) is 11.1 Å². The summed E-state index contributed by atoms with van der Waals surface area (Å²) in [4.78, 5) is 29.1. The van der Waals surface area contributed by atoms with Crippen molar-refractivity contribution in [3.05, 3.63) is 59.8 Å². The number of esters is 1. The second kappa shape index (κ2) is 8.14. The minimum atomic E-state index is -0.362. The molecule has 2 unspecified atom stereocenters. The average molecular weight is 404 g/mol. The summed E-state index contributed by atoms with van der Waals surface area (Å²) >= 11 is 0. The molecule has 2 atom stereocenters. The second-order valence-corrected chi connectivity index (χ2v) is 7.44. The van der Waals surface area contributed by atoms with E-state index in [1.807, 2.05) is 18.2 Å². The van der Waals surface area contributed by atoms with E-state index in [1.54, 1.807) is 13.0 Å². The van der Waals surface area contributed by atoms with Gasteiger partial charge in [-0.2, -0.15) is 0 Å². The fourth-order valence-corrected chi connectivity index (χ4v) is 3.75. The number of methoxy groups -OCH3 is 1. The number of ether oxygens (including phenoxy) is 2. The van der Waals surface area contributed by atoms with Gasteiger partial charge in [0.2, 0.25) is 0 Å². The summed E-state index contributed by atoms with van der Waals surface area (Å²) in [7, 11) is 1.52. The molecule has 0 spiro atoms. The lowest BCUT2D eigenvalue weighted by atomic mass is 10.0.